The normalized spacial score (nSPS) is 30.3. The lowest BCUT2D eigenvalue weighted by molar-refractivity contribution is -0.384. The second kappa shape index (κ2) is 5.81. The van der Waals surface area contributed by atoms with E-state index in [2.05, 4.69) is 11.4 Å². The van der Waals surface area contributed by atoms with Gasteiger partial charge in [0.15, 0.2) is 0 Å². The van der Waals surface area contributed by atoms with Gasteiger partial charge in [0, 0.05) is 12.1 Å². The van der Waals surface area contributed by atoms with Crippen LogP contribution in [0.4, 0.5) is 11.4 Å². The van der Waals surface area contributed by atoms with Crippen LogP contribution in [0, 0.1) is 27.9 Å². The fourth-order valence-corrected chi connectivity index (χ4v) is 5.85. The predicted octanol–water partition coefficient (Wildman–Crippen LogP) is 4.59. The number of carbonyl (C=O) groups is 1. The van der Waals surface area contributed by atoms with Crippen molar-refractivity contribution in [3.8, 4) is 0 Å². The summed E-state index contributed by atoms with van der Waals surface area (Å²) >= 11 is 0. The van der Waals surface area contributed by atoms with Crippen molar-refractivity contribution < 1.29 is 14.8 Å². The second-order valence-corrected chi connectivity index (χ2v) is 7.99. The van der Waals surface area contributed by atoms with Gasteiger partial charge in [-0.15, -0.1) is 0 Å². The van der Waals surface area contributed by atoms with Crippen LogP contribution in [0.5, 0.6) is 0 Å². The summed E-state index contributed by atoms with van der Waals surface area (Å²) in [6.07, 6.45) is 3.54. The summed E-state index contributed by atoms with van der Waals surface area (Å²) in [6.45, 7) is 0. The number of rotatable bonds is 3. The monoisotopic (exact) mass is 364 g/mol. The van der Waals surface area contributed by atoms with E-state index < -0.39 is 5.97 Å². The number of nitro groups is 1. The molecule has 27 heavy (non-hydrogen) atoms. The van der Waals surface area contributed by atoms with Gasteiger partial charge in [0.2, 0.25) is 0 Å². The SMILES string of the molecule is O=C(O)c1cccc2c1N[C@H](c1cccc([N+](=O)[O-])c1)[C@H]1[C@H]3CC[C@@H](C3)[C@@H]21. The molecule has 2 aromatic rings. The maximum Gasteiger partial charge on any atom is 0.337 e. The minimum absolute atomic E-state index is 0.0753. The molecule has 0 unspecified atom stereocenters. The molecular formula is C21H20N2O4. The van der Waals surface area contributed by atoms with Crippen LogP contribution in [-0.4, -0.2) is 16.0 Å². The Labute approximate surface area is 156 Å². The zero-order valence-electron chi connectivity index (χ0n) is 14.7. The summed E-state index contributed by atoms with van der Waals surface area (Å²) in [5.41, 5.74) is 3.03. The highest BCUT2D eigenvalue weighted by molar-refractivity contribution is 5.95. The molecule has 5 atom stereocenters. The molecule has 0 saturated heterocycles. The van der Waals surface area contributed by atoms with E-state index in [-0.39, 0.29) is 22.2 Å². The molecule has 138 valence electrons. The number of benzene rings is 2. The van der Waals surface area contributed by atoms with Gasteiger partial charge in [-0.25, -0.2) is 4.79 Å². The highest BCUT2D eigenvalue weighted by Gasteiger charge is 2.54. The minimum atomic E-state index is -0.946. The molecule has 0 amide bonds. The Morgan fingerprint density at radius 3 is 2.70 bits per heavy atom. The van der Waals surface area contributed by atoms with Crippen LogP contribution in [0.2, 0.25) is 0 Å². The Hall–Kier alpha value is -2.89. The molecule has 0 spiro atoms. The van der Waals surface area contributed by atoms with E-state index in [4.69, 9.17) is 0 Å². The average molecular weight is 364 g/mol. The predicted molar refractivity (Wildman–Crippen MR) is 99.9 cm³/mol. The van der Waals surface area contributed by atoms with E-state index in [0.29, 0.717) is 29.4 Å². The molecule has 6 nitrogen and oxygen atoms in total. The van der Waals surface area contributed by atoms with Crippen molar-refractivity contribution in [1.82, 2.24) is 0 Å². The van der Waals surface area contributed by atoms with Crippen molar-refractivity contribution in [3.05, 3.63) is 69.3 Å². The molecule has 6 heteroatoms. The van der Waals surface area contributed by atoms with E-state index in [9.17, 15) is 20.0 Å². The number of carboxylic acid groups (broad SMARTS) is 1. The third-order valence-electron chi connectivity index (χ3n) is 6.79. The molecule has 2 fully saturated rings. The molecule has 2 aromatic carbocycles. The number of fused-ring (bicyclic) bond motifs is 7. The van der Waals surface area contributed by atoms with Crippen molar-refractivity contribution in [2.24, 2.45) is 17.8 Å². The lowest BCUT2D eigenvalue weighted by atomic mass is 9.67. The molecule has 1 heterocycles. The number of carboxylic acids is 1. The standard InChI is InChI=1S/C21H20N2O4/c24-21(25)16-6-2-5-15-17-11-7-8-12(9-11)18(17)19(22-20(15)16)13-3-1-4-14(10-13)23(26)27/h1-6,10-12,17-19,22H,7-9H2,(H,24,25)/t11-,12-,17-,18-,19+/m0/s1. The summed E-state index contributed by atoms with van der Waals surface area (Å²) in [6, 6.07) is 12.2. The van der Waals surface area contributed by atoms with Gasteiger partial charge in [-0.05, 0) is 60.1 Å². The lowest BCUT2D eigenvalue weighted by Crippen LogP contribution is -2.36. The quantitative estimate of drug-likeness (QED) is 0.614. The molecule has 3 aliphatic rings. The number of non-ortho nitro benzene ring substituents is 1. The van der Waals surface area contributed by atoms with Crippen molar-refractivity contribution in [2.45, 2.75) is 31.2 Å². The Morgan fingerprint density at radius 1 is 1.15 bits per heavy atom. The fraction of sp³-hybridized carbons (Fsp3) is 0.381. The third kappa shape index (κ3) is 2.36. The maximum atomic E-state index is 11.8. The first-order valence-electron chi connectivity index (χ1n) is 9.41. The summed E-state index contributed by atoms with van der Waals surface area (Å²) < 4.78 is 0. The molecule has 2 aliphatic carbocycles. The molecule has 2 saturated carbocycles. The number of hydrogen-bond acceptors (Lipinski definition) is 4. The number of nitrogens with one attached hydrogen (secondary N) is 1. The summed E-state index contributed by atoms with van der Waals surface area (Å²) in [5, 5.41) is 24.4. The summed E-state index contributed by atoms with van der Waals surface area (Å²) in [5.74, 6) is 0.883. The van der Waals surface area contributed by atoms with Gasteiger partial charge in [0.1, 0.15) is 0 Å². The molecule has 1 aliphatic heterocycles. The number of anilines is 1. The number of nitrogens with zero attached hydrogens (tertiary/aromatic N) is 1. The van der Waals surface area contributed by atoms with Crippen LogP contribution in [0.15, 0.2) is 42.5 Å². The highest BCUT2D eigenvalue weighted by atomic mass is 16.6. The fourth-order valence-electron chi connectivity index (χ4n) is 5.85. The van der Waals surface area contributed by atoms with E-state index in [0.717, 1.165) is 11.1 Å². The van der Waals surface area contributed by atoms with Crippen LogP contribution >= 0.6 is 0 Å². The van der Waals surface area contributed by atoms with Crippen molar-refractivity contribution in [3.63, 3.8) is 0 Å². The Balaban J connectivity index is 1.66. The van der Waals surface area contributed by atoms with Gasteiger partial charge in [0.05, 0.1) is 22.2 Å². The average Bonchev–Trinajstić information content (AvgIpc) is 3.29. The van der Waals surface area contributed by atoms with Crippen LogP contribution in [0.3, 0.4) is 0 Å². The first-order valence-corrected chi connectivity index (χ1v) is 9.41. The number of aromatic carboxylic acids is 1. The molecule has 0 radical (unpaired) electrons. The highest BCUT2D eigenvalue weighted by Crippen LogP contribution is 2.64. The van der Waals surface area contributed by atoms with Gasteiger partial charge in [-0.2, -0.15) is 0 Å². The van der Waals surface area contributed by atoms with E-state index in [1.54, 1.807) is 18.2 Å². The van der Waals surface area contributed by atoms with Crippen LogP contribution in [0.1, 0.15) is 52.7 Å². The van der Waals surface area contributed by atoms with Crippen molar-refractivity contribution in [1.29, 1.82) is 0 Å². The van der Waals surface area contributed by atoms with E-state index in [1.165, 1.54) is 25.3 Å². The van der Waals surface area contributed by atoms with Gasteiger partial charge in [-0.1, -0.05) is 24.3 Å². The van der Waals surface area contributed by atoms with Gasteiger partial charge < -0.3 is 10.4 Å². The third-order valence-corrected chi connectivity index (χ3v) is 6.79. The Morgan fingerprint density at radius 2 is 1.93 bits per heavy atom. The minimum Gasteiger partial charge on any atom is -0.478 e. The number of nitro benzene ring substituents is 1. The largest absolute Gasteiger partial charge is 0.478 e. The summed E-state index contributed by atoms with van der Waals surface area (Å²) in [7, 11) is 0. The molecule has 0 aromatic heterocycles. The Bertz CT molecular complexity index is 957. The molecule has 2 N–H and O–H groups in total. The number of para-hydroxylation sites is 1. The van der Waals surface area contributed by atoms with Crippen molar-refractivity contribution in [2.75, 3.05) is 5.32 Å². The van der Waals surface area contributed by atoms with Crippen LogP contribution < -0.4 is 5.32 Å². The van der Waals surface area contributed by atoms with Gasteiger partial charge in [-0.3, -0.25) is 10.1 Å². The molecular weight excluding hydrogens is 344 g/mol. The van der Waals surface area contributed by atoms with Gasteiger partial charge in [0.25, 0.3) is 5.69 Å². The maximum absolute atomic E-state index is 11.8. The van der Waals surface area contributed by atoms with Crippen LogP contribution in [-0.2, 0) is 0 Å². The Kier molecular flexibility index (Phi) is 3.50. The molecule has 5 rings (SSSR count). The van der Waals surface area contributed by atoms with E-state index in [1.807, 2.05) is 12.1 Å². The number of hydrogen-bond donors (Lipinski definition) is 2. The van der Waals surface area contributed by atoms with Crippen molar-refractivity contribution >= 4 is 17.3 Å². The zero-order valence-corrected chi connectivity index (χ0v) is 14.7. The van der Waals surface area contributed by atoms with Crippen LogP contribution in [0.25, 0.3) is 0 Å². The smallest absolute Gasteiger partial charge is 0.337 e. The lowest BCUT2D eigenvalue weighted by Gasteiger charge is -2.43. The summed E-state index contributed by atoms with van der Waals surface area (Å²) in [4.78, 5) is 22.6. The second-order valence-electron chi connectivity index (χ2n) is 7.99. The zero-order chi connectivity index (χ0) is 18.7. The van der Waals surface area contributed by atoms with E-state index >= 15 is 0 Å². The van der Waals surface area contributed by atoms with Gasteiger partial charge >= 0.3 is 5.97 Å². The first-order chi connectivity index (χ1) is 13.0. The topological polar surface area (TPSA) is 92.5 Å². The first kappa shape index (κ1) is 16.3. The molecule has 2 bridgehead atoms.